The Balaban J connectivity index is 2.06. The standard InChI is InChI=1S/C19H26N4OS2/c1-6-22(7-2)19(25)26-12-17(24)20-18-14(4)21-23(15(18)5)16-10-8-13(3)9-11-16/h8-11H,6-7,12H2,1-5H3,(H,20,24). The van der Waals surface area contributed by atoms with Crippen molar-refractivity contribution in [1.82, 2.24) is 14.7 Å². The number of thioether (sulfide) groups is 1. The molecule has 0 fully saturated rings. The predicted octanol–water partition coefficient (Wildman–Crippen LogP) is 4.10. The average molecular weight is 391 g/mol. The highest BCUT2D eigenvalue weighted by Gasteiger charge is 2.16. The molecule has 0 atom stereocenters. The first kappa shape index (κ1) is 20.5. The Morgan fingerprint density at radius 1 is 1.19 bits per heavy atom. The van der Waals surface area contributed by atoms with E-state index in [0.29, 0.717) is 5.75 Å². The Kier molecular flexibility index (Phi) is 7.23. The van der Waals surface area contributed by atoms with Gasteiger partial charge in [0.05, 0.1) is 28.5 Å². The average Bonchev–Trinajstić information content (AvgIpc) is 2.90. The van der Waals surface area contributed by atoms with Gasteiger partial charge in [0.1, 0.15) is 4.32 Å². The molecule has 0 aliphatic rings. The van der Waals surface area contributed by atoms with Crippen LogP contribution in [0.3, 0.4) is 0 Å². The minimum absolute atomic E-state index is 0.0702. The van der Waals surface area contributed by atoms with Gasteiger partial charge < -0.3 is 10.2 Å². The van der Waals surface area contributed by atoms with Crippen LogP contribution < -0.4 is 5.32 Å². The molecule has 0 spiro atoms. The molecule has 2 rings (SSSR count). The number of nitrogens with zero attached hydrogens (tertiary/aromatic N) is 3. The predicted molar refractivity (Wildman–Crippen MR) is 114 cm³/mol. The first-order valence-corrected chi connectivity index (χ1v) is 10.1. The van der Waals surface area contributed by atoms with Crippen LogP contribution in [0.1, 0.15) is 30.8 Å². The van der Waals surface area contributed by atoms with Gasteiger partial charge in [0.15, 0.2) is 0 Å². The van der Waals surface area contributed by atoms with Crippen molar-refractivity contribution in [3.8, 4) is 5.69 Å². The molecule has 1 amide bonds. The SMILES string of the molecule is CCN(CC)C(=S)SCC(=O)Nc1c(C)nn(-c2ccc(C)cc2)c1C. The second-order valence-corrected chi connectivity index (χ2v) is 7.68. The second kappa shape index (κ2) is 9.19. The third kappa shape index (κ3) is 4.86. The largest absolute Gasteiger partial charge is 0.358 e. The van der Waals surface area contributed by atoms with Gasteiger partial charge in [-0.15, -0.1) is 0 Å². The molecule has 1 aromatic carbocycles. The second-order valence-electron chi connectivity index (χ2n) is 6.07. The lowest BCUT2D eigenvalue weighted by Crippen LogP contribution is -2.28. The number of carbonyl (C=O) groups is 1. The zero-order chi connectivity index (χ0) is 19.3. The molecule has 7 heteroatoms. The van der Waals surface area contributed by atoms with Crippen LogP contribution in [0.15, 0.2) is 24.3 Å². The van der Waals surface area contributed by atoms with Crippen molar-refractivity contribution in [3.05, 3.63) is 41.2 Å². The summed E-state index contributed by atoms with van der Waals surface area (Å²) in [5.74, 6) is 0.225. The summed E-state index contributed by atoms with van der Waals surface area (Å²) in [5, 5.41) is 7.56. The van der Waals surface area contributed by atoms with Crippen molar-refractivity contribution < 1.29 is 4.79 Å². The minimum atomic E-state index is -0.0702. The van der Waals surface area contributed by atoms with E-state index >= 15 is 0 Å². The summed E-state index contributed by atoms with van der Waals surface area (Å²) in [6.45, 7) is 11.7. The van der Waals surface area contributed by atoms with Crippen LogP contribution in [-0.4, -0.2) is 43.8 Å². The Bertz CT molecular complexity index is 780. The number of amides is 1. The van der Waals surface area contributed by atoms with Gasteiger partial charge in [-0.3, -0.25) is 4.79 Å². The fourth-order valence-corrected chi connectivity index (χ4v) is 3.84. The summed E-state index contributed by atoms with van der Waals surface area (Å²) < 4.78 is 2.62. The maximum atomic E-state index is 12.4. The van der Waals surface area contributed by atoms with Gasteiger partial charge in [0.25, 0.3) is 0 Å². The molecule has 0 bridgehead atoms. The van der Waals surface area contributed by atoms with Crippen LogP contribution in [-0.2, 0) is 4.79 Å². The molecule has 1 N–H and O–H groups in total. The smallest absolute Gasteiger partial charge is 0.234 e. The highest BCUT2D eigenvalue weighted by atomic mass is 32.2. The summed E-state index contributed by atoms with van der Waals surface area (Å²) >= 11 is 6.77. The Morgan fingerprint density at radius 3 is 2.38 bits per heavy atom. The summed E-state index contributed by atoms with van der Waals surface area (Å²) in [7, 11) is 0. The van der Waals surface area contributed by atoms with Gasteiger partial charge >= 0.3 is 0 Å². The number of aryl methyl sites for hydroxylation is 2. The van der Waals surface area contributed by atoms with Crippen molar-refractivity contribution in [3.63, 3.8) is 0 Å². The van der Waals surface area contributed by atoms with Crippen LogP contribution in [0.25, 0.3) is 5.69 Å². The molecule has 2 aromatic rings. The van der Waals surface area contributed by atoms with Gasteiger partial charge in [-0.05, 0) is 46.8 Å². The van der Waals surface area contributed by atoms with E-state index in [0.717, 1.165) is 40.2 Å². The monoisotopic (exact) mass is 390 g/mol. The van der Waals surface area contributed by atoms with E-state index in [1.54, 1.807) is 0 Å². The zero-order valence-electron chi connectivity index (χ0n) is 16.0. The lowest BCUT2D eigenvalue weighted by Gasteiger charge is -2.20. The third-order valence-electron chi connectivity index (χ3n) is 4.18. The zero-order valence-corrected chi connectivity index (χ0v) is 17.6. The molecule has 1 heterocycles. The van der Waals surface area contributed by atoms with Crippen molar-refractivity contribution in [1.29, 1.82) is 0 Å². The molecule has 0 aliphatic heterocycles. The molecular formula is C19H26N4OS2. The van der Waals surface area contributed by atoms with Crippen molar-refractivity contribution in [2.75, 3.05) is 24.2 Å². The number of hydrogen-bond donors (Lipinski definition) is 1. The maximum Gasteiger partial charge on any atom is 0.234 e. The molecule has 0 unspecified atom stereocenters. The van der Waals surface area contributed by atoms with E-state index < -0.39 is 0 Å². The number of anilines is 1. The first-order valence-electron chi connectivity index (χ1n) is 8.72. The van der Waals surface area contributed by atoms with Gasteiger partial charge in [-0.25, -0.2) is 4.68 Å². The van der Waals surface area contributed by atoms with E-state index in [4.69, 9.17) is 12.2 Å². The molecule has 0 saturated heterocycles. The number of aromatic nitrogens is 2. The van der Waals surface area contributed by atoms with Crippen molar-refractivity contribution in [2.24, 2.45) is 0 Å². The molecule has 1 aromatic heterocycles. The summed E-state index contributed by atoms with van der Waals surface area (Å²) in [6, 6.07) is 8.15. The molecule has 0 aliphatic carbocycles. The molecule has 0 saturated carbocycles. The fraction of sp³-hybridized carbons (Fsp3) is 0.421. The fourth-order valence-electron chi connectivity index (χ4n) is 2.64. The summed E-state index contributed by atoms with van der Waals surface area (Å²) in [4.78, 5) is 14.4. The van der Waals surface area contributed by atoms with Crippen molar-refractivity contribution in [2.45, 2.75) is 34.6 Å². The number of thiocarbonyl (C=S) groups is 1. The van der Waals surface area contributed by atoms with Crippen molar-refractivity contribution >= 4 is 39.9 Å². The molecule has 5 nitrogen and oxygen atoms in total. The topological polar surface area (TPSA) is 50.2 Å². The van der Waals surface area contributed by atoms with Gasteiger partial charge in [0, 0.05) is 13.1 Å². The van der Waals surface area contributed by atoms with Crippen LogP contribution in [0.4, 0.5) is 5.69 Å². The van der Waals surface area contributed by atoms with Gasteiger partial charge in [0.2, 0.25) is 5.91 Å². The minimum Gasteiger partial charge on any atom is -0.358 e. The van der Waals surface area contributed by atoms with E-state index in [-0.39, 0.29) is 5.91 Å². The van der Waals surface area contributed by atoms with Crippen LogP contribution in [0, 0.1) is 20.8 Å². The quantitative estimate of drug-likeness (QED) is 0.753. The first-order chi connectivity index (χ1) is 12.4. The molecule has 140 valence electrons. The summed E-state index contributed by atoms with van der Waals surface area (Å²) in [5.41, 5.74) is 4.66. The van der Waals surface area contributed by atoms with E-state index in [2.05, 4.69) is 48.2 Å². The highest BCUT2D eigenvalue weighted by molar-refractivity contribution is 8.23. The highest BCUT2D eigenvalue weighted by Crippen LogP contribution is 2.23. The molecular weight excluding hydrogens is 364 g/mol. The van der Waals surface area contributed by atoms with Crippen LogP contribution in [0.5, 0.6) is 0 Å². The lowest BCUT2D eigenvalue weighted by molar-refractivity contribution is -0.113. The third-order valence-corrected chi connectivity index (χ3v) is 5.71. The lowest BCUT2D eigenvalue weighted by atomic mass is 10.2. The maximum absolute atomic E-state index is 12.4. The van der Waals surface area contributed by atoms with E-state index in [1.165, 1.54) is 17.3 Å². The number of nitrogens with one attached hydrogen (secondary N) is 1. The Hall–Kier alpha value is -1.86. The Morgan fingerprint density at radius 2 is 1.81 bits per heavy atom. The normalized spacial score (nSPS) is 10.7. The van der Waals surface area contributed by atoms with E-state index in [1.807, 2.05) is 30.7 Å². The molecule has 0 radical (unpaired) electrons. The Labute approximate surface area is 165 Å². The van der Waals surface area contributed by atoms with Crippen LogP contribution >= 0.6 is 24.0 Å². The summed E-state index contributed by atoms with van der Waals surface area (Å²) in [6.07, 6.45) is 0. The number of hydrogen-bond acceptors (Lipinski definition) is 4. The van der Waals surface area contributed by atoms with Gasteiger partial charge in [-0.2, -0.15) is 5.10 Å². The number of carbonyl (C=O) groups excluding carboxylic acids is 1. The number of benzene rings is 1. The van der Waals surface area contributed by atoms with E-state index in [9.17, 15) is 4.79 Å². The number of rotatable bonds is 6. The molecule has 26 heavy (non-hydrogen) atoms. The van der Waals surface area contributed by atoms with Crippen LogP contribution in [0.2, 0.25) is 0 Å². The van der Waals surface area contributed by atoms with Gasteiger partial charge in [-0.1, -0.05) is 41.7 Å².